The lowest BCUT2D eigenvalue weighted by Gasteiger charge is -2.24. The fourth-order valence-electron chi connectivity index (χ4n) is 1.80. The molecule has 2 amide bonds. The zero-order chi connectivity index (χ0) is 17.0. The summed E-state index contributed by atoms with van der Waals surface area (Å²) in [5.74, 6) is -0.469. The molecule has 0 spiro atoms. The maximum absolute atomic E-state index is 12.2. The highest BCUT2D eigenvalue weighted by molar-refractivity contribution is 9.10. The van der Waals surface area contributed by atoms with Crippen LogP contribution in [0.25, 0.3) is 0 Å². The van der Waals surface area contributed by atoms with Gasteiger partial charge in [-0.05, 0) is 60.1 Å². The van der Waals surface area contributed by atoms with E-state index in [0.717, 1.165) is 0 Å². The highest BCUT2D eigenvalue weighted by atomic mass is 79.9. The van der Waals surface area contributed by atoms with Crippen LogP contribution in [-0.4, -0.2) is 23.9 Å². The van der Waals surface area contributed by atoms with E-state index in [0.29, 0.717) is 22.5 Å². The van der Waals surface area contributed by atoms with Crippen LogP contribution < -0.4 is 16.4 Å². The molecular formula is C16H18BrN3O3. The van der Waals surface area contributed by atoms with Gasteiger partial charge in [-0.15, -0.1) is 0 Å². The quantitative estimate of drug-likeness (QED) is 0.743. The van der Waals surface area contributed by atoms with Gasteiger partial charge in [0.15, 0.2) is 10.4 Å². The summed E-state index contributed by atoms with van der Waals surface area (Å²) in [7, 11) is 0. The van der Waals surface area contributed by atoms with E-state index >= 15 is 0 Å². The van der Waals surface area contributed by atoms with Crippen molar-refractivity contribution in [2.45, 2.75) is 19.4 Å². The molecule has 0 unspecified atom stereocenters. The van der Waals surface area contributed by atoms with Crippen molar-refractivity contribution in [2.24, 2.45) is 5.73 Å². The normalized spacial score (nSPS) is 11.1. The van der Waals surface area contributed by atoms with Gasteiger partial charge in [0, 0.05) is 23.3 Å². The number of hydrogen-bond acceptors (Lipinski definition) is 4. The fraction of sp³-hybridized carbons (Fsp3) is 0.250. The van der Waals surface area contributed by atoms with Crippen LogP contribution in [0, 0.1) is 0 Å². The molecule has 0 saturated carbocycles. The van der Waals surface area contributed by atoms with Crippen molar-refractivity contribution in [1.29, 1.82) is 0 Å². The second-order valence-corrected chi connectivity index (χ2v) is 6.46. The van der Waals surface area contributed by atoms with Crippen molar-refractivity contribution in [3.63, 3.8) is 0 Å². The Kier molecular flexibility index (Phi) is 5.23. The smallest absolute Gasteiger partial charge is 0.291 e. The molecule has 0 aliphatic heterocycles. The number of nitrogens with two attached hydrogens (primary N) is 1. The number of carbonyl (C=O) groups excluding carboxylic acids is 2. The fourth-order valence-corrected chi connectivity index (χ4v) is 2.10. The van der Waals surface area contributed by atoms with E-state index in [2.05, 4.69) is 26.6 Å². The third-order valence-electron chi connectivity index (χ3n) is 3.14. The number of carbonyl (C=O) groups is 2. The molecule has 7 heteroatoms. The number of benzene rings is 1. The van der Waals surface area contributed by atoms with E-state index < -0.39 is 11.4 Å². The van der Waals surface area contributed by atoms with Gasteiger partial charge in [0.1, 0.15) is 0 Å². The monoisotopic (exact) mass is 379 g/mol. The Morgan fingerprint density at radius 3 is 2.57 bits per heavy atom. The summed E-state index contributed by atoms with van der Waals surface area (Å²) in [6.07, 6.45) is 0. The highest BCUT2D eigenvalue weighted by Crippen LogP contribution is 2.17. The molecule has 0 aliphatic rings. The van der Waals surface area contributed by atoms with Crippen molar-refractivity contribution >= 4 is 33.4 Å². The Bertz CT molecular complexity index is 725. The largest absolute Gasteiger partial charge is 0.444 e. The molecule has 2 aromatic rings. The average Bonchev–Trinajstić information content (AvgIpc) is 2.94. The molecule has 23 heavy (non-hydrogen) atoms. The van der Waals surface area contributed by atoms with Crippen LogP contribution in [-0.2, 0) is 0 Å². The maximum Gasteiger partial charge on any atom is 0.291 e. The van der Waals surface area contributed by atoms with Crippen molar-refractivity contribution in [3.8, 4) is 0 Å². The summed E-state index contributed by atoms with van der Waals surface area (Å²) < 4.78 is 5.66. The van der Waals surface area contributed by atoms with Crippen LogP contribution in [0.2, 0.25) is 0 Å². The lowest BCUT2D eigenvalue weighted by Crippen LogP contribution is -2.48. The molecule has 6 nitrogen and oxygen atoms in total. The molecule has 4 N–H and O–H groups in total. The molecule has 122 valence electrons. The standard InChI is InChI=1S/C16H18BrN3O3/c1-16(2,9-18)20-14(21)10-4-3-5-11(8-10)19-15(22)12-6-7-13(17)23-12/h3-8H,9,18H2,1-2H3,(H,19,22)(H,20,21). The molecule has 0 aliphatic carbocycles. The molecule has 1 aromatic carbocycles. The minimum absolute atomic E-state index is 0.177. The van der Waals surface area contributed by atoms with Gasteiger partial charge in [0.2, 0.25) is 0 Å². The van der Waals surface area contributed by atoms with E-state index in [-0.39, 0.29) is 11.7 Å². The molecule has 2 rings (SSSR count). The van der Waals surface area contributed by atoms with Crippen LogP contribution in [0.15, 0.2) is 45.5 Å². The van der Waals surface area contributed by atoms with E-state index in [1.54, 1.807) is 36.4 Å². The van der Waals surface area contributed by atoms with Crippen LogP contribution in [0.5, 0.6) is 0 Å². The summed E-state index contributed by atoms with van der Waals surface area (Å²) >= 11 is 3.14. The van der Waals surface area contributed by atoms with Crippen LogP contribution in [0.1, 0.15) is 34.8 Å². The number of anilines is 1. The first kappa shape index (κ1) is 17.2. The number of furan rings is 1. The third-order valence-corrected chi connectivity index (χ3v) is 3.57. The number of amides is 2. The van der Waals surface area contributed by atoms with Gasteiger partial charge < -0.3 is 20.8 Å². The minimum atomic E-state index is -0.503. The second-order valence-electron chi connectivity index (χ2n) is 5.68. The van der Waals surface area contributed by atoms with Gasteiger partial charge in [-0.1, -0.05) is 6.07 Å². The first-order chi connectivity index (χ1) is 10.8. The molecule has 0 fully saturated rings. The van der Waals surface area contributed by atoms with E-state index in [9.17, 15) is 9.59 Å². The second kappa shape index (κ2) is 6.97. The molecule has 1 heterocycles. The molecule has 0 radical (unpaired) electrons. The van der Waals surface area contributed by atoms with Gasteiger partial charge in [-0.2, -0.15) is 0 Å². The maximum atomic E-state index is 12.2. The SMILES string of the molecule is CC(C)(CN)NC(=O)c1cccc(NC(=O)c2ccc(Br)o2)c1. The summed E-state index contributed by atoms with van der Waals surface area (Å²) in [6.45, 7) is 4.00. The van der Waals surface area contributed by atoms with Crippen molar-refractivity contribution in [1.82, 2.24) is 5.32 Å². The van der Waals surface area contributed by atoms with Crippen LogP contribution in [0.4, 0.5) is 5.69 Å². The van der Waals surface area contributed by atoms with Gasteiger partial charge in [-0.25, -0.2) is 0 Å². The summed E-state index contributed by atoms with van der Waals surface area (Å²) in [6, 6.07) is 9.84. The predicted octanol–water partition coefficient (Wildman–Crippen LogP) is 2.76. The van der Waals surface area contributed by atoms with Gasteiger partial charge in [0.25, 0.3) is 11.8 Å². The Labute approximate surface area is 142 Å². The zero-order valence-corrected chi connectivity index (χ0v) is 14.4. The molecule has 0 bridgehead atoms. The van der Waals surface area contributed by atoms with E-state index in [1.807, 2.05) is 13.8 Å². The highest BCUT2D eigenvalue weighted by Gasteiger charge is 2.19. The Morgan fingerprint density at radius 1 is 1.22 bits per heavy atom. The number of halogens is 1. The van der Waals surface area contributed by atoms with Crippen LogP contribution >= 0.6 is 15.9 Å². The Morgan fingerprint density at radius 2 is 1.96 bits per heavy atom. The molecular weight excluding hydrogens is 362 g/mol. The molecule has 0 saturated heterocycles. The average molecular weight is 380 g/mol. The van der Waals surface area contributed by atoms with Crippen molar-refractivity contribution < 1.29 is 14.0 Å². The van der Waals surface area contributed by atoms with Crippen molar-refractivity contribution in [2.75, 3.05) is 11.9 Å². The third kappa shape index (κ3) is 4.67. The number of nitrogens with one attached hydrogen (secondary N) is 2. The first-order valence-electron chi connectivity index (χ1n) is 7.00. The minimum Gasteiger partial charge on any atom is -0.444 e. The van der Waals surface area contributed by atoms with E-state index in [1.165, 1.54) is 0 Å². The summed E-state index contributed by atoms with van der Waals surface area (Å²) in [4.78, 5) is 24.3. The number of rotatable bonds is 5. The van der Waals surface area contributed by atoms with Crippen molar-refractivity contribution in [3.05, 3.63) is 52.4 Å². The van der Waals surface area contributed by atoms with Crippen LogP contribution in [0.3, 0.4) is 0 Å². The summed E-state index contributed by atoms with van der Waals surface area (Å²) in [5.41, 5.74) is 6.04. The Balaban J connectivity index is 2.10. The summed E-state index contributed by atoms with van der Waals surface area (Å²) in [5, 5.41) is 5.52. The predicted molar refractivity (Wildman–Crippen MR) is 91.4 cm³/mol. The number of hydrogen-bond donors (Lipinski definition) is 3. The van der Waals surface area contributed by atoms with E-state index in [4.69, 9.17) is 10.2 Å². The first-order valence-corrected chi connectivity index (χ1v) is 7.79. The molecule has 1 aromatic heterocycles. The zero-order valence-electron chi connectivity index (χ0n) is 12.9. The lowest BCUT2D eigenvalue weighted by atomic mass is 10.1. The van der Waals surface area contributed by atoms with Gasteiger partial charge in [-0.3, -0.25) is 9.59 Å². The Hall–Kier alpha value is -2.12. The topological polar surface area (TPSA) is 97.4 Å². The molecule has 0 atom stereocenters. The lowest BCUT2D eigenvalue weighted by molar-refractivity contribution is 0.0914. The van der Waals surface area contributed by atoms with Gasteiger partial charge >= 0.3 is 0 Å². The van der Waals surface area contributed by atoms with Gasteiger partial charge in [0.05, 0.1) is 0 Å².